The molecule has 5 nitrogen and oxygen atoms in total. The highest BCUT2D eigenvalue weighted by Gasteiger charge is 2.11. The van der Waals surface area contributed by atoms with Gasteiger partial charge in [-0.25, -0.2) is 4.98 Å². The van der Waals surface area contributed by atoms with Crippen molar-refractivity contribution < 1.29 is 4.52 Å². The molecule has 0 saturated heterocycles. The van der Waals surface area contributed by atoms with Gasteiger partial charge in [0.1, 0.15) is 5.82 Å². The van der Waals surface area contributed by atoms with E-state index in [1.54, 1.807) is 0 Å². The minimum Gasteiger partial charge on any atom is -0.343 e. The molecule has 0 radical (unpaired) electrons. The highest BCUT2D eigenvalue weighted by Crippen LogP contribution is 2.21. The van der Waals surface area contributed by atoms with Crippen molar-refractivity contribution in [3.8, 4) is 0 Å². The fourth-order valence-corrected chi connectivity index (χ4v) is 2.52. The highest BCUT2D eigenvalue weighted by atomic mass is 35.5. The number of alkyl halides is 1. The SMILES string of the molecule is ClCCc1nc2ccc(Cl)cc2n1CCc1ncon1. The van der Waals surface area contributed by atoms with Gasteiger partial charge in [-0.3, -0.25) is 0 Å². The van der Waals surface area contributed by atoms with Crippen molar-refractivity contribution in [2.45, 2.75) is 19.4 Å². The van der Waals surface area contributed by atoms with Crippen LogP contribution < -0.4 is 0 Å². The second kappa shape index (κ2) is 5.81. The van der Waals surface area contributed by atoms with Crippen LogP contribution in [0.1, 0.15) is 11.6 Å². The minimum atomic E-state index is 0.527. The molecule has 0 bridgehead atoms. The van der Waals surface area contributed by atoms with Crippen molar-refractivity contribution >= 4 is 34.2 Å². The molecule has 3 aromatic rings. The Morgan fingerprint density at radius 3 is 2.90 bits per heavy atom. The van der Waals surface area contributed by atoms with Crippen LogP contribution in [0.4, 0.5) is 0 Å². The summed E-state index contributed by atoms with van der Waals surface area (Å²) in [5, 5.41) is 4.51. The Kier molecular flexibility index (Phi) is 3.89. The van der Waals surface area contributed by atoms with E-state index in [1.807, 2.05) is 18.2 Å². The van der Waals surface area contributed by atoms with E-state index in [1.165, 1.54) is 6.39 Å². The lowest BCUT2D eigenvalue weighted by molar-refractivity contribution is 0.408. The number of benzene rings is 1. The zero-order chi connectivity index (χ0) is 13.9. The summed E-state index contributed by atoms with van der Waals surface area (Å²) in [5.41, 5.74) is 1.92. The third kappa shape index (κ3) is 2.64. The number of aromatic nitrogens is 4. The Bertz CT molecular complexity index is 709. The van der Waals surface area contributed by atoms with Crippen molar-refractivity contribution in [1.82, 2.24) is 19.7 Å². The van der Waals surface area contributed by atoms with Gasteiger partial charge in [-0.15, -0.1) is 11.6 Å². The van der Waals surface area contributed by atoms with E-state index in [4.69, 9.17) is 27.7 Å². The predicted molar refractivity (Wildman–Crippen MR) is 77.2 cm³/mol. The largest absolute Gasteiger partial charge is 0.343 e. The summed E-state index contributed by atoms with van der Waals surface area (Å²) in [7, 11) is 0. The molecule has 2 heterocycles. The van der Waals surface area contributed by atoms with Crippen LogP contribution in [0.15, 0.2) is 29.1 Å². The predicted octanol–water partition coefficient (Wildman–Crippen LogP) is 3.10. The third-order valence-electron chi connectivity index (χ3n) is 3.07. The molecule has 1 aromatic carbocycles. The Morgan fingerprint density at radius 1 is 1.25 bits per heavy atom. The van der Waals surface area contributed by atoms with Gasteiger partial charge in [0, 0.05) is 30.3 Å². The monoisotopic (exact) mass is 310 g/mol. The zero-order valence-electron chi connectivity index (χ0n) is 10.6. The van der Waals surface area contributed by atoms with Crippen LogP contribution in [-0.4, -0.2) is 25.6 Å². The summed E-state index contributed by atoms with van der Waals surface area (Å²) in [4.78, 5) is 8.62. The first-order chi connectivity index (χ1) is 9.78. The summed E-state index contributed by atoms with van der Waals surface area (Å²) >= 11 is 11.9. The summed E-state index contributed by atoms with van der Waals surface area (Å²) in [6, 6.07) is 5.67. The van der Waals surface area contributed by atoms with E-state index in [-0.39, 0.29) is 0 Å². The van der Waals surface area contributed by atoms with Gasteiger partial charge in [-0.1, -0.05) is 16.8 Å². The smallest absolute Gasteiger partial charge is 0.213 e. The van der Waals surface area contributed by atoms with Crippen LogP contribution in [-0.2, 0) is 19.4 Å². The normalized spacial score (nSPS) is 11.3. The van der Waals surface area contributed by atoms with E-state index in [0.29, 0.717) is 36.1 Å². The van der Waals surface area contributed by atoms with Crippen LogP contribution in [0.2, 0.25) is 5.02 Å². The van der Waals surface area contributed by atoms with E-state index in [0.717, 1.165) is 16.9 Å². The molecule has 0 fully saturated rings. The van der Waals surface area contributed by atoms with Crippen molar-refractivity contribution in [2.75, 3.05) is 5.88 Å². The van der Waals surface area contributed by atoms with E-state index >= 15 is 0 Å². The van der Waals surface area contributed by atoms with Gasteiger partial charge < -0.3 is 9.09 Å². The van der Waals surface area contributed by atoms with Crippen LogP contribution in [0.5, 0.6) is 0 Å². The number of nitrogens with zero attached hydrogens (tertiary/aromatic N) is 4. The Balaban J connectivity index is 1.96. The Hall–Kier alpha value is -1.59. The van der Waals surface area contributed by atoms with Crippen molar-refractivity contribution in [1.29, 1.82) is 0 Å². The van der Waals surface area contributed by atoms with Crippen molar-refractivity contribution in [3.63, 3.8) is 0 Å². The minimum absolute atomic E-state index is 0.527. The quantitative estimate of drug-likeness (QED) is 0.679. The second-order valence-corrected chi connectivity index (χ2v) is 5.16. The van der Waals surface area contributed by atoms with Gasteiger partial charge in [0.15, 0.2) is 5.82 Å². The van der Waals surface area contributed by atoms with Crippen LogP contribution in [0, 0.1) is 0 Å². The topological polar surface area (TPSA) is 56.7 Å². The number of fused-ring (bicyclic) bond motifs is 1. The number of rotatable bonds is 5. The lowest BCUT2D eigenvalue weighted by Gasteiger charge is -2.07. The summed E-state index contributed by atoms with van der Waals surface area (Å²) in [6.45, 7) is 0.711. The fourth-order valence-electron chi connectivity index (χ4n) is 2.19. The summed E-state index contributed by atoms with van der Waals surface area (Å²) in [6.07, 6.45) is 2.71. The lowest BCUT2D eigenvalue weighted by atomic mass is 10.3. The first-order valence-electron chi connectivity index (χ1n) is 6.24. The molecule has 20 heavy (non-hydrogen) atoms. The molecule has 0 N–H and O–H groups in total. The average molecular weight is 311 g/mol. The van der Waals surface area contributed by atoms with Crippen LogP contribution >= 0.6 is 23.2 Å². The number of hydrogen-bond acceptors (Lipinski definition) is 4. The maximum atomic E-state index is 6.07. The van der Waals surface area contributed by atoms with E-state index in [2.05, 4.69) is 19.7 Å². The molecule has 3 rings (SSSR count). The summed E-state index contributed by atoms with van der Waals surface area (Å²) in [5.74, 6) is 2.14. The Morgan fingerprint density at radius 2 is 2.15 bits per heavy atom. The molecule has 104 valence electrons. The van der Waals surface area contributed by atoms with Crippen LogP contribution in [0.25, 0.3) is 11.0 Å². The molecule has 0 spiro atoms. The molecule has 0 atom stereocenters. The van der Waals surface area contributed by atoms with Gasteiger partial charge in [-0.2, -0.15) is 4.98 Å². The number of hydrogen-bond donors (Lipinski definition) is 0. The number of aryl methyl sites for hydroxylation is 3. The molecule has 0 unspecified atom stereocenters. The molecule has 0 saturated carbocycles. The van der Waals surface area contributed by atoms with Gasteiger partial charge in [-0.05, 0) is 18.2 Å². The molecule has 0 aliphatic heterocycles. The maximum absolute atomic E-state index is 6.07. The second-order valence-electron chi connectivity index (χ2n) is 4.35. The van der Waals surface area contributed by atoms with Crippen molar-refractivity contribution in [2.24, 2.45) is 0 Å². The molecule has 2 aromatic heterocycles. The van der Waals surface area contributed by atoms with Gasteiger partial charge in [0.2, 0.25) is 6.39 Å². The van der Waals surface area contributed by atoms with Crippen molar-refractivity contribution in [3.05, 3.63) is 41.3 Å². The van der Waals surface area contributed by atoms with Gasteiger partial charge in [0.05, 0.1) is 11.0 Å². The molecule has 7 heteroatoms. The van der Waals surface area contributed by atoms with Crippen LogP contribution in [0.3, 0.4) is 0 Å². The van der Waals surface area contributed by atoms with Gasteiger partial charge >= 0.3 is 0 Å². The average Bonchev–Trinajstić information content (AvgIpc) is 3.04. The Labute approximate surface area is 125 Å². The molecule has 0 aliphatic carbocycles. The standard InChI is InChI=1S/C13H12Cl2N4O/c14-5-3-13-17-10-2-1-9(15)7-11(10)19(13)6-4-12-16-8-20-18-12/h1-2,7-8H,3-6H2. The lowest BCUT2D eigenvalue weighted by Crippen LogP contribution is -2.07. The summed E-state index contributed by atoms with van der Waals surface area (Å²) < 4.78 is 6.85. The van der Waals surface area contributed by atoms with Gasteiger partial charge in [0.25, 0.3) is 0 Å². The first kappa shape index (κ1) is 13.4. The number of imidazole rings is 1. The zero-order valence-corrected chi connectivity index (χ0v) is 12.1. The molecule has 0 amide bonds. The molecular formula is C13H12Cl2N4O. The fraction of sp³-hybridized carbons (Fsp3) is 0.308. The maximum Gasteiger partial charge on any atom is 0.213 e. The molecular weight excluding hydrogens is 299 g/mol. The third-order valence-corrected chi connectivity index (χ3v) is 3.50. The van der Waals surface area contributed by atoms with E-state index < -0.39 is 0 Å². The first-order valence-corrected chi connectivity index (χ1v) is 7.15. The number of halogens is 2. The van der Waals surface area contributed by atoms with E-state index in [9.17, 15) is 0 Å². The highest BCUT2D eigenvalue weighted by molar-refractivity contribution is 6.31. The molecule has 0 aliphatic rings.